The number of fused-ring (bicyclic) bond motifs is 1. The predicted molar refractivity (Wildman–Crippen MR) is 77.9 cm³/mol. The lowest BCUT2D eigenvalue weighted by Crippen LogP contribution is -2.53. The van der Waals surface area contributed by atoms with E-state index in [1.807, 2.05) is 49.4 Å². The molecule has 0 saturated carbocycles. The molecule has 0 aliphatic carbocycles. The van der Waals surface area contributed by atoms with Crippen molar-refractivity contribution >= 4 is 11.6 Å². The lowest BCUT2D eigenvalue weighted by molar-refractivity contribution is 0.0905. The number of hydrogen-bond donors (Lipinski definition) is 2. The number of carbonyl (C=O) groups is 1. The first kappa shape index (κ1) is 12.5. The van der Waals surface area contributed by atoms with Gasteiger partial charge in [-0.2, -0.15) is 0 Å². The molecule has 0 bridgehead atoms. The Hall–Kier alpha value is -2.49. The minimum absolute atomic E-state index is 0.0900. The zero-order valence-electron chi connectivity index (χ0n) is 11.4. The Morgan fingerprint density at radius 3 is 2.50 bits per heavy atom. The number of hydrogen-bond acceptors (Lipinski definition) is 3. The summed E-state index contributed by atoms with van der Waals surface area (Å²) >= 11 is 0. The van der Waals surface area contributed by atoms with Gasteiger partial charge >= 0.3 is 0 Å². The van der Waals surface area contributed by atoms with Crippen molar-refractivity contribution in [1.29, 1.82) is 0 Å². The van der Waals surface area contributed by atoms with Crippen LogP contribution in [0.25, 0.3) is 0 Å². The van der Waals surface area contributed by atoms with Crippen molar-refractivity contribution in [3.63, 3.8) is 0 Å². The Balaban J connectivity index is 2.09. The van der Waals surface area contributed by atoms with Crippen LogP contribution < -0.4 is 15.4 Å². The predicted octanol–water partition coefficient (Wildman–Crippen LogP) is 2.72. The fraction of sp³-hybridized carbons (Fsp3) is 0.188. The summed E-state index contributed by atoms with van der Waals surface area (Å²) in [4.78, 5) is 12.3. The number of rotatable bonds is 2. The van der Waals surface area contributed by atoms with Gasteiger partial charge in [0.05, 0.1) is 12.7 Å². The van der Waals surface area contributed by atoms with Crippen molar-refractivity contribution in [1.82, 2.24) is 5.32 Å². The monoisotopic (exact) mass is 268 g/mol. The summed E-state index contributed by atoms with van der Waals surface area (Å²) in [5, 5.41) is 6.39. The summed E-state index contributed by atoms with van der Waals surface area (Å²) in [6.07, 6.45) is 0. The average Bonchev–Trinajstić information content (AvgIpc) is 2.47. The molecule has 0 radical (unpaired) electrons. The van der Waals surface area contributed by atoms with Gasteiger partial charge in [-0.05, 0) is 25.1 Å². The van der Waals surface area contributed by atoms with E-state index in [0.29, 0.717) is 5.56 Å². The van der Waals surface area contributed by atoms with Crippen LogP contribution in [0.5, 0.6) is 5.75 Å². The topological polar surface area (TPSA) is 50.4 Å². The highest BCUT2D eigenvalue weighted by atomic mass is 16.5. The second kappa shape index (κ2) is 4.56. The Morgan fingerprint density at radius 1 is 1.00 bits per heavy atom. The third-order valence-electron chi connectivity index (χ3n) is 3.57. The van der Waals surface area contributed by atoms with Crippen molar-refractivity contribution in [2.75, 3.05) is 12.4 Å². The summed E-state index contributed by atoms with van der Waals surface area (Å²) in [7, 11) is 1.63. The zero-order chi connectivity index (χ0) is 14.2. The maximum absolute atomic E-state index is 12.3. The van der Waals surface area contributed by atoms with Crippen LogP contribution in [0, 0.1) is 0 Å². The molecule has 2 aromatic rings. The number of anilines is 1. The fourth-order valence-corrected chi connectivity index (χ4v) is 2.58. The number of methoxy groups -OCH3 is 1. The van der Waals surface area contributed by atoms with Crippen LogP contribution in [-0.2, 0) is 5.66 Å². The maximum atomic E-state index is 12.3. The zero-order valence-corrected chi connectivity index (χ0v) is 11.4. The first-order valence-corrected chi connectivity index (χ1v) is 6.47. The van der Waals surface area contributed by atoms with E-state index in [0.717, 1.165) is 17.0 Å². The van der Waals surface area contributed by atoms with Crippen LogP contribution in [0.3, 0.4) is 0 Å². The van der Waals surface area contributed by atoms with Gasteiger partial charge in [0.15, 0.2) is 0 Å². The van der Waals surface area contributed by atoms with Gasteiger partial charge in [-0.1, -0.05) is 30.3 Å². The summed E-state index contributed by atoms with van der Waals surface area (Å²) in [6.45, 7) is 1.93. The molecular weight excluding hydrogens is 252 g/mol. The molecule has 0 saturated heterocycles. The van der Waals surface area contributed by atoms with Crippen LogP contribution in [0.15, 0.2) is 48.5 Å². The highest BCUT2D eigenvalue weighted by Crippen LogP contribution is 2.35. The quantitative estimate of drug-likeness (QED) is 0.880. The van der Waals surface area contributed by atoms with Crippen molar-refractivity contribution < 1.29 is 9.53 Å². The average molecular weight is 268 g/mol. The van der Waals surface area contributed by atoms with Crippen molar-refractivity contribution in [3.05, 3.63) is 59.7 Å². The van der Waals surface area contributed by atoms with E-state index in [2.05, 4.69) is 10.6 Å². The molecule has 102 valence electrons. The van der Waals surface area contributed by atoms with Crippen LogP contribution in [-0.4, -0.2) is 13.0 Å². The molecule has 0 aromatic heterocycles. The molecule has 2 aromatic carbocycles. The van der Waals surface area contributed by atoms with Gasteiger partial charge in [-0.25, -0.2) is 0 Å². The molecule has 1 aliphatic heterocycles. The molecule has 1 aliphatic rings. The largest absolute Gasteiger partial charge is 0.496 e. The number of ether oxygens (including phenoxy) is 1. The second-order valence-corrected chi connectivity index (χ2v) is 4.95. The minimum atomic E-state index is -0.696. The van der Waals surface area contributed by atoms with Crippen molar-refractivity contribution in [2.24, 2.45) is 0 Å². The normalized spacial score (nSPS) is 20.6. The standard InChI is InChI=1S/C16H16N2O2/c1-16(12-8-4-6-10-14(12)20-2)17-13-9-5-3-7-11(13)15(19)18-16/h3-10,17H,1-2H3,(H,18,19). The van der Waals surface area contributed by atoms with Gasteiger partial charge in [0.25, 0.3) is 5.91 Å². The third kappa shape index (κ3) is 1.90. The minimum Gasteiger partial charge on any atom is -0.496 e. The summed E-state index contributed by atoms with van der Waals surface area (Å²) < 4.78 is 5.40. The molecule has 1 unspecified atom stereocenters. The molecular formula is C16H16N2O2. The number of amides is 1. The lowest BCUT2D eigenvalue weighted by Gasteiger charge is -2.38. The van der Waals surface area contributed by atoms with E-state index in [1.165, 1.54) is 0 Å². The summed E-state index contributed by atoms with van der Waals surface area (Å²) in [5.74, 6) is 0.648. The van der Waals surface area contributed by atoms with Gasteiger partial charge in [-0.3, -0.25) is 4.79 Å². The molecule has 0 fully saturated rings. The van der Waals surface area contributed by atoms with Gasteiger partial charge in [0.2, 0.25) is 0 Å². The molecule has 1 amide bonds. The van der Waals surface area contributed by atoms with Gasteiger partial charge in [0.1, 0.15) is 11.4 Å². The summed E-state index contributed by atoms with van der Waals surface area (Å²) in [5.41, 5.74) is 1.67. The molecule has 3 rings (SSSR count). The van der Waals surface area contributed by atoms with Crippen molar-refractivity contribution in [2.45, 2.75) is 12.6 Å². The van der Waals surface area contributed by atoms with Crippen LogP contribution >= 0.6 is 0 Å². The number of benzene rings is 2. The number of nitrogens with one attached hydrogen (secondary N) is 2. The maximum Gasteiger partial charge on any atom is 0.255 e. The van der Waals surface area contributed by atoms with E-state index in [1.54, 1.807) is 13.2 Å². The molecule has 4 nitrogen and oxygen atoms in total. The third-order valence-corrected chi connectivity index (χ3v) is 3.57. The van der Waals surface area contributed by atoms with Crippen molar-refractivity contribution in [3.8, 4) is 5.75 Å². The molecule has 2 N–H and O–H groups in total. The second-order valence-electron chi connectivity index (χ2n) is 4.95. The fourth-order valence-electron chi connectivity index (χ4n) is 2.58. The molecule has 4 heteroatoms. The number of carbonyl (C=O) groups excluding carboxylic acids is 1. The molecule has 1 heterocycles. The first-order chi connectivity index (χ1) is 9.64. The van der Waals surface area contributed by atoms with E-state index in [-0.39, 0.29) is 5.91 Å². The first-order valence-electron chi connectivity index (χ1n) is 6.47. The van der Waals surface area contributed by atoms with E-state index >= 15 is 0 Å². The Morgan fingerprint density at radius 2 is 1.70 bits per heavy atom. The Labute approximate surface area is 117 Å². The highest BCUT2D eigenvalue weighted by molar-refractivity contribution is 6.02. The van der Waals surface area contributed by atoms with Crippen LogP contribution in [0.1, 0.15) is 22.8 Å². The summed E-state index contributed by atoms with van der Waals surface area (Å²) in [6, 6.07) is 15.1. The molecule has 20 heavy (non-hydrogen) atoms. The highest BCUT2D eigenvalue weighted by Gasteiger charge is 2.36. The van der Waals surface area contributed by atoms with E-state index in [9.17, 15) is 4.79 Å². The molecule has 0 spiro atoms. The SMILES string of the molecule is COc1ccccc1C1(C)NC(=O)c2ccccc2N1. The van der Waals surface area contributed by atoms with Crippen LogP contribution in [0.4, 0.5) is 5.69 Å². The Kier molecular flexibility index (Phi) is 2.86. The van der Waals surface area contributed by atoms with E-state index in [4.69, 9.17) is 4.74 Å². The van der Waals surface area contributed by atoms with Crippen LogP contribution in [0.2, 0.25) is 0 Å². The van der Waals surface area contributed by atoms with Gasteiger partial charge in [0, 0.05) is 11.3 Å². The van der Waals surface area contributed by atoms with Gasteiger partial charge < -0.3 is 15.4 Å². The molecule has 1 atom stereocenters. The lowest BCUT2D eigenvalue weighted by atomic mass is 9.95. The number of para-hydroxylation sites is 2. The van der Waals surface area contributed by atoms with Gasteiger partial charge in [-0.15, -0.1) is 0 Å². The smallest absolute Gasteiger partial charge is 0.255 e. The van der Waals surface area contributed by atoms with E-state index < -0.39 is 5.66 Å². The Bertz CT molecular complexity index is 669.